The summed E-state index contributed by atoms with van der Waals surface area (Å²) in [5.74, 6) is -1.84. The first-order valence-electron chi connectivity index (χ1n) is 10.1. The first-order chi connectivity index (χ1) is 15.7. The Balaban J connectivity index is 1.84. The van der Waals surface area contributed by atoms with Crippen molar-refractivity contribution in [2.45, 2.75) is 26.4 Å². The molecule has 0 aromatic heterocycles. The Kier molecular flexibility index (Phi) is 7.35. The number of Topliss-reactive ketones (excluding diaryl/α,β-unsaturated/α-hetero) is 1. The molecule has 0 N–H and O–H groups in total. The first kappa shape index (κ1) is 23.8. The molecule has 1 atom stereocenters. The van der Waals surface area contributed by atoms with Crippen molar-refractivity contribution in [1.29, 1.82) is 0 Å². The third-order valence-electron chi connectivity index (χ3n) is 5.10. The maximum atomic E-state index is 13.0. The van der Waals surface area contributed by atoms with Crippen molar-refractivity contribution < 1.29 is 24.0 Å². The van der Waals surface area contributed by atoms with Gasteiger partial charge in [-0.05, 0) is 37.1 Å². The van der Waals surface area contributed by atoms with E-state index in [1.54, 1.807) is 24.3 Å². The van der Waals surface area contributed by atoms with Crippen LogP contribution in [0.4, 0.5) is 5.69 Å². The summed E-state index contributed by atoms with van der Waals surface area (Å²) in [5, 5.41) is 11.0. The molecular formula is C25H20ClNO6. The van der Waals surface area contributed by atoms with Crippen molar-refractivity contribution in [3.05, 3.63) is 110 Å². The lowest BCUT2D eigenvalue weighted by Crippen LogP contribution is -2.25. The largest absolute Gasteiger partial charge is 0.451 e. The predicted octanol–water partition coefficient (Wildman–Crippen LogP) is 5.47. The zero-order valence-electron chi connectivity index (χ0n) is 17.9. The lowest BCUT2D eigenvalue weighted by molar-refractivity contribution is -0.384. The molecule has 0 aliphatic carbocycles. The highest BCUT2D eigenvalue weighted by atomic mass is 35.5. The fourth-order valence-corrected chi connectivity index (χ4v) is 3.41. The van der Waals surface area contributed by atoms with Gasteiger partial charge in [0.1, 0.15) is 5.02 Å². The van der Waals surface area contributed by atoms with E-state index in [4.69, 9.17) is 16.3 Å². The lowest BCUT2D eigenvalue weighted by Gasteiger charge is -2.14. The van der Waals surface area contributed by atoms with Crippen LogP contribution in [-0.2, 0) is 11.2 Å². The highest BCUT2D eigenvalue weighted by Gasteiger charge is 2.25. The van der Waals surface area contributed by atoms with Crippen LogP contribution in [0, 0.1) is 10.1 Å². The predicted molar refractivity (Wildman–Crippen MR) is 123 cm³/mol. The fourth-order valence-electron chi connectivity index (χ4n) is 3.23. The van der Waals surface area contributed by atoms with Crippen LogP contribution in [0.1, 0.15) is 56.0 Å². The Morgan fingerprint density at radius 2 is 1.58 bits per heavy atom. The van der Waals surface area contributed by atoms with E-state index in [0.717, 1.165) is 18.1 Å². The highest BCUT2D eigenvalue weighted by molar-refractivity contribution is 6.33. The quantitative estimate of drug-likeness (QED) is 0.189. The van der Waals surface area contributed by atoms with Crippen LogP contribution in [0.25, 0.3) is 0 Å². The standard InChI is InChI=1S/C25H20ClNO6/c1-3-16-8-10-17(11-9-16)23(28)15(2)33-25(30)20-7-5-4-6-19(20)24(29)18-12-13-21(26)22(14-18)27(31)32/h4-15H,3H2,1-2H3. The molecule has 0 saturated carbocycles. The molecule has 0 radical (unpaired) electrons. The number of ketones is 2. The topological polar surface area (TPSA) is 104 Å². The minimum Gasteiger partial charge on any atom is -0.451 e. The van der Waals surface area contributed by atoms with E-state index in [2.05, 4.69) is 0 Å². The molecule has 3 aromatic carbocycles. The van der Waals surface area contributed by atoms with Gasteiger partial charge in [-0.15, -0.1) is 0 Å². The number of carbonyl (C=O) groups is 3. The lowest BCUT2D eigenvalue weighted by atomic mass is 9.98. The number of nitro benzene ring substituents is 1. The second kappa shape index (κ2) is 10.2. The second-order valence-corrected chi connectivity index (χ2v) is 7.67. The molecule has 168 valence electrons. The Hall–Kier alpha value is -3.84. The Morgan fingerprint density at radius 3 is 2.18 bits per heavy atom. The smallest absolute Gasteiger partial charge is 0.339 e. The van der Waals surface area contributed by atoms with Crippen LogP contribution in [0.5, 0.6) is 0 Å². The molecular weight excluding hydrogens is 446 g/mol. The van der Waals surface area contributed by atoms with Gasteiger partial charge in [0.05, 0.1) is 10.5 Å². The van der Waals surface area contributed by atoms with Crippen molar-refractivity contribution >= 4 is 34.8 Å². The molecule has 3 aromatic rings. The van der Waals surface area contributed by atoms with Gasteiger partial charge in [0.2, 0.25) is 5.78 Å². The van der Waals surface area contributed by atoms with E-state index in [1.165, 1.54) is 31.2 Å². The zero-order chi connectivity index (χ0) is 24.1. The van der Waals surface area contributed by atoms with E-state index >= 15 is 0 Å². The van der Waals surface area contributed by atoms with Crippen LogP contribution in [0.2, 0.25) is 5.02 Å². The maximum Gasteiger partial charge on any atom is 0.339 e. The molecule has 3 rings (SSSR count). The van der Waals surface area contributed by atoms with Crippen molar-refractivity contribution in [3.8, 4) is 0 Å². The van der Waals surface area contributed by atoms with Crippen molar-refractivity contribution in [3.63, 3.8) is 0 Å². The van der Waals surface area contributed by atoms with E-state index in [1.807, 2.05) is 19.1 Å². The number of esters is 1. The molecule has 7 nitrogen and oxygen atoms in total. The molecule has 0 spiro atoms. The SMILES string of the molecule is CCc1ccc(C(=O)C(C)OC(=O)c2ccccc2C(=O)c2ccc(Cl)c([N+](=O)[O-])c2)cc1. The van der Waals surface area contributed by atoms with Gasteiger partial charge in [0, 0.05) is 22.8 Å². The average molecular weight is 466 g/mol. The fraction of sp³-hybridized carbons (Fsp3) is 0.160. The summed E-state index contributed by atoms with van der Waals surface area (Å²) < 4.78 is 5.35. The van der Waals surface area contributed by atoms with Crippen LogP contribution < -0.4 is 0 Å². The molecule has 0 heterocycles. The number of hydrogen-bond acceptors (Lipinski definition) is 6. The van der Waals surface area contributed by atoms with Crippen LogP contribution in [-0.4, -0.2) is 28.6 Å². The highest BCUT2D eigenvalue weighted by Crippen LogP contribution is 2.27. The molecule has 33 heavy (non-hydrogen) atoms. The number of benzene rings is 3. The number of aryl methyl sites for hydroxylation is 1. The van der Waals surface area contributed by atoms with Gasteiger partial charge in [-0.2, -0.15) is 0 Å². The zero-order valence-corrected chi connectivity index (χ0v) is 18.7. The minimum absolute atomic E-state index is 0.00788. The molecule has 0 saturated heterocycles. The van der Waals surface area contributed by atoms with E-state index < -0.39 is 28.5 Å². The number of nitro groups is 1. The number of ether oxygens (including phenoxy) is 1. The van der Waals surface area contributed by atoms with Crippen LogP contribution in [0.3, 0.4) is 0 Å². The molecule has 0 aliphatic heterocycles. The molecule has 0 bridgehead atoms. The van der Waals surface area contributed by atoms with Gasteiger partial charge in [-0.3, -0.25) is 19.7 Å². The van der Waals surface area contributed by atoms with E-state index in [0.29, 0.717) is 5.56 Å². The third kappa shape index (κ3) is 5.32. The van der Waals surface area contributed by atoms with E-state index in [9.17, 15) is 24.5 Å². The van der Waals surface area contributed by atoms with Gasteiger partial charge in [-0.1, -0.05) is 61.0 Å². The van der Waals surface area contributed by atoms with Gasteiger partial charge < -0.3 is 4.74 Å². The normalized spacial score (nSPS) is 11.5. The summed E-state index contributed by atoms with van der Waals surface area (Å²) in [6.07, 6.45) is -0.245. The third-order valence-corrected chi connectivity index (χ3v) is 5.42. The average Bonchev–Trinajstić information content (AvgIpc) is 2.83. The second-order valence-electron chi connectivity index (χ2n) is 7.26. The van der Waals surface area contributed by atoms with Gasteiger partial charge in [-0.25, -0.2) is 4.79 Å². The van der Waals surface area contributed by atoms with Crippen LogP contribution >= 0.6 is 11.6 Å². The number of nitrogens with zero attached hydrogens (tertiary/aromatic N) is 1. The maximum absolute atomic E-state index is 13.0. The first-order valence-corrected chi connectivity index (χ1v) is 10.5. The van der Waals surface area contributed by atoms with Crippen molar-refractivity contribution in [2.24, 2.45) is 0 Å². The van der Waals surface area contributed by atoms with Crippen molar-refractivity contribution in [2.75, 3.05) is 0 Å². The summed E-state index contributed by atoms with van der Waals surface area (Å²) in [5.41, 5.74) is 0.992. The van der Waals surface area contributed by atoms with Crippen LogP contribution in [0.15, 0.2) is 66.7 Å². The van der Waals surface area contributed by atoms with Gasteiger partial charge in [0.25, 0.3) is 5.69 Å². The summed E-state index contributed by atoms with van der Waals surface area (Å²) in [7, 11) is 0. The molecule has 0 aliphatic rings. The Bertz CT molecular complexity index is 1240. The monoisotopic (exact) mass is 465 g/mol. The van der Waals surface area contributed by atoms with Crippen molar-refractivity contribution in [1.82, 2.24) is 0 Å². The number of halogens is 1. The minimum atomic E-state index is -1.08. The number of rotatable bonds is 8. The van der Waals surface area contributed by atoms with Gasteiger partial charge in [0.15, 0.2) is 11.9 Å². The molecule has 1 unspecified atom stereocenters. The molecule has 0 fully saturated rings. The Labute approximate surface area is 195 Å². The summed E-state index contributed by atoms with van der Waals surface area (Å²) in [6, 6.07) is 16.6. The molecule has 0 amide bonds. The van der Waals surface area contributed by atoms with E-state index in [-0.39, 0.29) is 27.5 Å². The summed E-state index contributed by atoms with van der Waals surface area (Å²) in [6.45, 7) is 3.46. The summed E-state index contributed by atoms with van der Waals surface area (Å²) >= 11 is 5.82. The number of carbonyl (C=O) groups excluding carboxylic acids is 3. The summed E-state index contributed by atoms with van der Waals surface area (Å²) in [4.78, 5) is 49.0. The molecule has 8 heteroatoms. The number of hydrogen-bond donors (Lipinski definition) is 0. The Morgan fingerprint density at radius 1 is 0.970 bits per heavy atom. The van der Waals surface area contributed by atoms with Gasteiger partial charge >= 0.3 is 5.97 Å².